The zero-order chi connectivity index (χ0) is 44.8. The Labute approximate surface area is 354 Å². The molecule has 4 heterocycles. The number of hydrogen-bond donors (Lipinski definition) is 5. The topological polar surface area (TPSA) is 238 Å². The molecule has 63 heavy (non-hydrogen) atoms. The first-order chi connectivity index (χ1) is 29.9. The quantitative estimate of drug-likeness (QED) is 0.104. The lowest BCUT2D eigenvalue weighted by Gasteiger charge is -2.33. The Balaban J connectivity index is 0.890. The number of rotatable bonds is 12. The fraction of sp³-hybridized carbons (Fsp3) is 0.220. The number of sulfone groups is 1. The van der Waals surface area contributed by atoms with Crippen molar-refractivity contribution in [3.63, 3.8) is 0 Å². The number of hydrogen-bond acceptors (Lipinski definition) is 13. The maximum absolute atomic E-state index is 14.7. The van der Waals surface area contributed by atoms with E-state index in [1.807, 2.05) is 24.3 Å². The normalized spacial score (nSPS) is 15.9. The molecule has 0 bridgehead atoms. The zero-order valence-corrected chi connectivity index (χ0v) is 33.8. The molecule has 0 spiro atoms. The molecule has 1 aliphatic heterocycles. The number of nitrogens with zero attached hydrogens (tertiary/aromatic N) is 8. The van der Waals surface area contributed by atoms with Gasteiger partial charge in [0.15, 0.2) is 15.4 Å². The van der Waals surface area contributed by atoms with Crippen molar-refractivity contribution in [2.24, 2.45) is 7.05 Å². The average molecular weight is 883 g/mol. The third kappa shape index (κ3) is 8.55. The van der Waals surface area contributed by atoms with Gasteiger partial charge >= 0.3 is 6.18 Å². The van der Waals surface area contributed by atoms with E-state index < -0.39 is 67.7 Å². The van der Waals surface area contributed by atoms with Crippen molar-refractivity contribution in [1.82, 2.24) is 40.0 Å². The minimum Gasteiger partial charge on any atom is -0.379 e. The molecule has 0 saturated carbocycles. The summed E-state index contributed by atoms with van der Waals surface area (Å²) in [6.07, 6.45) is -1.73. The Morgan fingerprint density at radius 1 is 1.03 bits per heavy atom. The van der Waals surface area contributed by atoms with E-state index in [9.17, 15) is 40.7 Å². The molecule has 22 heteroatoms. The number of aromatic nitrogens is 8. The highest BCUT2D eigenvalue weighted by molar-refractivity contribution is 7.91. The molecule has 3 atom stereocenters. The van der Waals surface area contributed by atoms with Gasteiger partial charge in [0.05, 0.1) is 70.2 Å². The van der Waals surface area contributed by atoms with E-state index >= 15 is 0 Å². The first-order valence-electron chi connectivity index (χ1n) is 18.9. The lowest BCUT2D eigenvalue weighted by Crippen LogP contribution is -2.45. The number of carbonyl (C=O) groups excluding carboxylic acids is 1. The molecule has 0 aliphatic carbocycles. The minimum absolute atomic E-state index is 0.171. The second-order valence-electron chi connectivity index (χ2n) is 15.0. The first-order valence-corrected chi connectivity index (χ1v) is 20.6. The zero-order valence-electron chi connectivity index (χ0n) is 33.0. The van der Waals surface area contributed by atoms with Crippen molar-refractivity contribution in [3.8, 4) is 6.07 Å². The maximum Gasteiger partial charge on any atom is 0.417 e. The van der Waals surface area contributed by atoms with Gasteiger partial charge in [0.2, 0.25) is 0 Å². The lowest BCUT2D eigenvalue weighted by molar-refractivity contribution is -0.137. The number of aryl methyl sites for hydroxylation is 1. The van der Waals surface area contributed by atoms with E-state index in [0.717, 1.165) is 30.2 Å². The Kier molecular flexibility index (Phi) is 10.8. The SMILES string of the molecule is Cn1ncnc1[C@H]1c2n[nH]c(=O)c3cc(F)cc(c23)N[C@@H]1c1ccc(Cn2cc(CNc3ccc(S(=O)(=O)CC(C)(O)C(=O)Nc4ccc(C#N)c(C(F)(F)F)c4)cc3)nn2)cc1. The molecule has 3 aromatic heterocycles. The van der Waals surface area contributed by atoms with Gasteiger partial charge in [-0.25, -0.2) is 27.6 Å². The van der Waals surface area contributed by atoms with Gasteiger partial charge in [0.1, 0.15) is 23.7 Å². The predicted molar refractivity (Wildman–Crippen MR) is 218 cm³/mol. The van der Waals surface area contributed by atoms with Crippen LogP contribution < -0.4 is 21.5 Å². The van der Waals surface area contributed by atoms with Crippen LogP contribution in [0.25, 0.3) is 10.8 Å². The number of anilines is 3. The van der Waals surface area contributed by atoms with Crippen LogP contribution in [0.4, 0.5) is 34.6 Å². The van der Waals surface area contributed by atoms with E-state index in [4.69, 9.17) is 5.26 Å². The number of aromatic amines is 1. The summed E-state index contributed by atoms with van der Waals surface area (Å²) in [5, 5.41) is 48.7. The lowest BCUT2D eigenvalue weighted by atomic mass is 9.83. The van der Waals surface area contributed by atoms with Crippen LogP contribution >= 0.6 is 0 Å². The number of alkyl halides is 3. The van der Waals surface area contributed by atoms with Crippen molar-refractivity contribution in [3.05, 3.63) is 147 Å². The van der Waals surface area contributed by atoms with Crippen molar-refractivity contribution >= 4 is 43.6 Å². The smallest absolute Gasteiger partial charge is 0.379 e. The fourth-order valence-corrected chi connectivity index (χ4v) is 8.98. The second-order valence-corrected chi connectivity index (χ2v) is 17.0. The standard InChI is InChI=1S/C41H34F4N12O5S/c1-40(60,39(59)50-27-8-7-24(16-46)31(15-27)41(43,44)45)20-63(61,62)29-11-9-26(10-12-29)47-17-28-19-57(55-52-28)18-22-3-5-23(6-4-22)35-34(37-48-21-49-56(37)2)36-33-30(38(58)54-53-36)13-25(42)14-32(33)51-35/h3-15,19,21,34-35,47,51,60H,17-18,20H2,1-2H3,(H,50,59)(H,54,58)/t34-,35-,40?/m1/s1. The molecule has 1 unspecified atom stereocenters. The third-order valence-electron chi connectivity index (χ3n) is 10.5. The summed E-state index contributed by atoms with van der Waals surface area (Å²) in [7, 11) is -2.52. The van der Waals surface area contributed by atoms with Gasteiger partial charge < -0.3 is 21.1 Å². The van der Waals surface area contributed by atoms with Crippen LogP contribution in [0.3, 0.4) is 0 Å². The van der Waals surface area contributed by atoms with Crippen LogP contribution in [-0.4, -0.2) is 70.7 Å². The van der Waals surface area contributed by atoms with E-state index in [1.54, 1.807) is 22.6 Å². The van der Waals surface area contributed by atoms with Gasteiger partial charge in [-0.15, -0.1) is 5.10 Å². The second kappa shape index (κ2) is 16.1. The Hall–Kier alpha value is -7.51. The fourth-order valence-electron chi connectivity index (χ4n) is 7.40. The average Bonchev–Trinajstić information content (AvgIpc) is 3.88. The van der Waals surface area contributed by atoms with Gasteiger partial charge in [-0.3, -0.25) is 14.3 Å². The van der Waals surface area contributed by atoms with Crippen molar-refractivity contribution < 1.29 is 35.9 Å². The summed E-state index contributed by atoms with van der Waals surface area (Å²) in [6.45, 7) is 1.51. The highest BCUT2D eigenvalue weighted by Crippen LogP contribution is 2.46. The van der Waals surface area contributed by atoms with Gasteiger partial charge in [-0.2, -0.15) is 28.6 Å². The molecular weight excluding hydrogens is 849 g/mol. The molecule has 322 valence electrons. The number of carbonyl (C=O) groups is 1. The van der Waals surface area contributed by atoms with Gasteiger partial charge in [-0.1, -0.05) is 29.5 Å². The van der Waals surface area contributed by atoms with Crippen molar-refractivity contribution in [2.75, 3.05) is 21.7 Å². The van der Waals surface area contributed by atoms with E-state index in [-0.39, 0.29) is 22.5 Å². The summed E-state index contributed by atoms with van der Waals surface area (Å²) in [5.41, 5.74) is -1.64. The molecule has 4 aromatic carbocycles. The molecule has 1 amide bonds. The van der Waals surface area contributed by atoms with Crippen molar-refractivity contribution in [1.29, 1.82) is 5.26 Å². The minimum atomic E-state index is -4.90. The van der Waals surface area contributed by atoms with Crippen LogP contribution in [0.2, 0.25) is 0 Å². The van der Waals surface area contributed by atoms with Gasteiger partial charge in [0.25, 0.3) is 11.5 Å². The number of H-pyrrole nitrogens is 1. The molecule has 7 aromatic rings. The monoisotopic (exact) mass is 882 g/mol. The van der Waals surface area contributed by atoms with E-state index in [1.165, 1.54) is 48.8 Å². The molecule has 8 rings (SSSR count). The Morgan fingerprint density at radius 3 is 2.44 bits per heavy atom. The van der Waals surface area contributed by atoms with Crippen LogP contribution in [0, 0.1) is 17.1 Å². The highest BCUT2D eigenvalue weighted by Gasteiger charge is 2.39. The highest BCUT2D eigenvalue weighted by atomic mass is 32.2. The number of benzene rings is 4. The maximum atomic E-state index is 14.7. The molecule has 0 fully saturated rings. The number of halogens is 4. The molecule has 17 nitrogen and oxygen atoms in total. The van der Waals surface area contributed by atoms with Crippen LogP contribution in [0.5, 0.6) is 0 Å². The first kappa shape index (κ1) is 42.2. The molecule has 0 saturated heterocycles. The van der Waals surface area contributed by atoms with E-state index in [0.29, 0.717) is 46.6 Å². The van der Waals surface area contributed by atoms with Crippen LogP contribution in [-0.2, 0) is 40.9 Å². The summed E-state index contributed by atoms with van der Waals surface area (Å²) in [6, 6.07) is 19.1. The summed E-state index contributed by atoms with van der Waals surface area (Å²) in [4.78, 5) is 29.7. The number of aliphatic hydroxyl groups is 1. The Bertz CT molecular complexity index is 3110. The van der Waals surface area contributed by atoms with Gasteiger partial charge in [-0.05, 0) is 72.6 Å². The Morgan fingerprint density at radius 2 is 1.76 bits per heavy atom. The number of nitrogens with one attached hydrogen (secondary N) is 4. The summed E-state index contributed by atoms with van der Waals surface area (Å²) in [5.74, 6) is -2.82. The number of nitriles is 1. The third-order valence-corrected chi connectivity index (χ3v) is 12.4. The summed E-state index contributed by atoms with van der Waals surface area (Å²) < 4.78 is 84.5. The van der Waals surface area contributed by atoms with Crippen LogP contribution in [0.1, 0.15) is 58.3 Å². The van der Waals surface area contributed by atoms with E-state index in [2.05, 4.69) is 46.5 Å². The van der Waals surface area contributed by atoms with Crippen molar-refractivity contribution in [2.45, 2.75) is 48.6 Å². The largest absolute Gasteiger partial charge is 0.417 e. The predicted octanol–water partition coefficient (Wildman–Crippen LogP) is 4.80. The molecule has 5 N–H and O–H groups in total. The molecular formula is C41H34F4N12O5S. The number of amides is 1. The molecule has 0 radical (unpaired) electrons. The van der Waals surface area contributed by atoms with Crippen LogP contribution in [0.15, 0.2) is 101 Å². The molecule has 1 aliphatic rings. The van der Waals surface area contributed by atoms with Gasteiger partial charge in [0, 0.05) is 29.5 Å². The summed E-state index contributed by atoms with van der Waals surface area (Å²) >= 11 is 0.